The molecule has 1 heterocycles. The maximum atomic E-state index is 12.0. The van der Waals surface area contributed by atoms with E-state index in [0.29, 0.717) is 6.42 Å². The fourth-order valence-corrected chi connectivity index (χ4v) is 3.21. The monoisotopic (exact) mass is 337 g/mol. The highest BCUT2D eigenvalue weighted by Crippen LogP contribution is 2.22. The molecule has 1 N–H and O–H groups in total. The molecule has 0 radical (unpaired) electrons. The third-order valence-electron chi connectivity index (χ3n) is 2.82. The maximum absolute atomic E-state index is 12.0. The van der Waals surface area contributed by atoms with Crippen LogP contribution in [0.2, 0.25) is 0 Å². The normalized spacial score (nSPS) is 12.2. The standard InChI is InChI=1S/C15H16BrNOS/c1-10-6-7-14(19-10)11(2)17-15(18)9-12-4-3-5-13(16)8-12/h3-8,11H,9H2,1-2H3,(H,17,18). The number of aryl methyl sites for hydroxylation is 1. The summed E-state index contributed by atoms with van der Waals surface area (Å²) in [4.78, 5) is 14.5. The van der Waals surface area contributed by atoms with Crippen LogP contribution in [0, 0.1) is 6.92 Å². The number of nitrogens with one attached hydrogen (secondary N) is 1. The summed E-state index contributed by atoms with van der Waals surface area (Å²) in [7, 11) is 0. The summed E-state index contributed by atoms with van der Waals surface area (Å²) in [5, 5.41) is 3.03. The summed E-state index contributed by atoms with van der Waals surface area (Å²) in [6, 6.07) is 12.1. The SMILES string of the molecule is Cc1ccc(C(C)NC(=O)Cc2cccc(Br)c2)s1. The van der Waals surface area contributed by atoms with Gasteiger partial charge in [-0.25, -0.2) is 0 Å². The van der Waals surface area contributed by atoms with Crippen LogP contribution in [-0.4, -0.2) is 5.91 Å². The molecule has 19 heavy (non-hydrogen) atoms. The molecule has 0 bridgehead atoms. The minimum atomic E-state index is 0.0525. The zero-order chi connectivity index (χ0) is 13.8. The highest BCUT2D eigenvalue weighted by Gasteiger charge is 2.11. The topological polar surface area (TPSA) is 29.1 Å². The molecule has 2 nitrogen and oxygen atoms in total. The Bertz CT molecular complexity index is 579. The van der Waals surface area contributed by atoms with Crippen molar-refractivity contribution in [1.29, 1.82) is 0 Å². The van der Waals surface area contributed by atoms with Gasteiger partial charge in [0.25, 0.3) is 0 Å². The molecule has 2 aromatic rings. The predicted molar refractivity (Wildman–Crippen MR) is 83.5 cm³/mol. The number of rotatable bonds is 4. The van der Waals surface area contributed by atoms with Gasteiger partial charge < -0.3 is 5.32 Å². The second-order valence-corrected chi connectivity index (χ2v) is 6.78. The van der Waals surface area contributed by atoms with Gasteiger partial charge in [0.2, 0.25) is 5.91 Å². The van der Waals surface area contributed by atoms with Gasteiger partial charge in [0.05, 0.1) is 12.5 Å². The van der Waals surface area contributed by atoms with E-state index in [1.165, 1.54) is 9.75 Å². The van der Waals surface area contributed by atoms with Crippen molar-refractivity contribution in [3.05, 3.63) is 56.2 Å². The van der Waals surface area contributed by atoms with E-state index in [9.17, 15) is 4.79 Å². The molecule has 100 valence electrons. The lowest BCUT2D eigenvalue weighted by Gasteiger charge is -2.12. The first-order valence-corrected chi connectivity index (χ1v) is 7.75. The quantitative estimate of drug-likeness (QED) is 0.888. The van der Waals surface area contributed by atoms with E-state index in [0.717, 1.165) is 10.0 Å². The average Bonchev–Trinajstić information content (AvgIpc) is 2.75. The fraction of sp³-hybridized carbons (Fsp3) is 0.267. The number of halogens is 1. The van der Waals surface area contributed by atoms with Crippen LogP contribution in [0.15, 0.2) is 40.9 Å². The molecule has 0 fully saturated rings. The third-order valence-corrected chi connectivity index (χ3v) is 4.50. The van der Waals surface area contributed by atoms with E-state index in [1.807, 2.05) is 31.2 Å². The zero-order valence-electron chi connectivity index (χ0n) is 10.9. The minimum absolute atomic E-state index is 0.0525. The van der Waals surface area contributed by atoms with Crippen LogP contribution in [0.1, 0.15) is 28.3 Å². The molecule has 4 heteroatoms. The summed E-state index contributed by atoms with van der Waals surface area (Å²) in [6.45, 7) is 4.09. The van der Waals surface area contributed by atoms with Crippen LogP contribution in [0.4, 0.5) is 0 Å². The van der Waals surface area contributed by atoms with Crippen LogP contribution < -0.4 is 5.32 Å². The molecule has 0 aliphatic rings. The van der Waals surface area contributed by atoms with Gasteiger partial charge in [0.15, 0.2) is 0 Å². The van der Waals surface area contributed by atoms with Gasteiger partial charge >= 0.3 is 0 Å². The molecule has 1 amide bonds. The Balaban J connectivity index is 1.94. The Kier molecular flexibility index (Phi) is 4.77. The van der Waals surface area contributed by atoms with Crippen molar-refractivity contribution in [3.8, 4) is 0 Å². The largest absolute Gasteiger partial charge is 0.348 e. The Morgan fingerprint density at radius 3 is 2.79 bits per heavy atom. The van der Waals surface area contributed by atoms with E-state index in [1.54, 1.807) is 11.3 Å². The molecule has 0 saturated carbocycles. The summed E-state index contributed by atoms with van der Waals surface area (Å²) in [5.41, 5.74) is 1.02. The first-order valence-electron chi connectivity index (χ1n) is 6.15. The Hall–Kier alpha value is -1.13. The molecule has 2 rings (SSSR count). The van der Waals surface area contributed by atoms with Crippen molar-refractivity contribution >= 4 is 33.2 Å². The van der Waals surface area contributed by atoms with Crippen molar-refractivity contribution in [2.24, 2.45) is 0 Å². The van der Waals surface area contributed by atoms with Gasteiger partial charge in [-0.3, -0.25) is 4.79 Å². The van der Waals surface area contributed by atoms with E-state index in [4.69, 9.17) is 0 Å². The minimum Gasteiger partial charge on any atom is -0.348 e. The first-order chi connectivity index (χ1) is 9.04. The number of thiophene rings is 1. The van der Waals surface area contributed by atoms with Crippen LogP contribution in [0.3, 0.4) is 0 Å². The second kappa shape index (κ2) is 6.35. The summed E-state index contributed by atoms with van der Waals surface area (Å²) in [6.07, 6.45) is 0.411. The van der Waals surface area contributed by atoms with Crippen LogP contribution in [-0.2, 0) is 11.2 Å². The van der Waals surface area contributed by atoms with Crippen LogP contribution >= 0.6 is 27.3 Å². The highest BCUT2D eigenvalue weighted by atomic mass is 79.9. The summed E-state index contributed by atoms with van der Waals surface area (Å²) >= 11 is 5.14. The number of hydrogen-bond acceptors (Lipinski definition) is 2. The molecule has 0 aliphatic carbocycles. The summed E-state index contributed by atoms with van der Waals surface area (Å²) < 4.78 is 1.000. The smallest absolute Gasteiger partial charge is 0.224 e. The average molecular weight is 338 g/mol. The number of amides is 1. The first kappa shape index (κ1) is 14.3. The molecule has 0 aliphatic heterocycles. The number of hydrogen-bond donors (Lipinski definition) is 1. The Labute approximate surface area is 126 Å². The third kappa shape index (κ3) is 4.18. The molecular weight excluding hydrogens is 322 g/mol. The van der Waals surface area contributed by atoms with Gasteiger partial charge in [-0.2, -0.15) is 0 Å². The molecule has 1 aromatic carbocycles. The van der Waals surface area contributed by atoms with Crippen molar-refractivity contribution in [1.82, 2.24) is 5.32 Å². The van der Waals surface area contributed by atoms with E-state index in [2.05, 4.69) is 40.3 Å². The van der Waals surface area contributed by atoms with E-state index < -0.39 is 0 Å². The molecular formula is C15H16BrNOS. The lowest BCUT2D eigenvalue weighted by molar-refractivity contribution is -0.121. The van der Waals surface area contributed by atoms with Crippen LogP contribution in [0.25, 0.3) is 0 Å². The number of carbonyl (C=O) groups is 1. The predicted octanol–water partition coefficient (Wildman–Crippen LogP) is 4.24. The Morgan fingerprint density at radius 2 is 2.16 bits per heavy atom. The molecule has 1 atom stereocenters. The van der Waals surface area contributed by atoms with Gasteiger partial charge in [0, 0.05) is 14.2 Å². The second-order valence-electron chi connectivity index (χ2n) is 4.54. The lowest BCUT2D eigenvalue weighted by Crippen LogP contribution is -2.27. The zero-order valence-corrected chi connectivity index (χ0v) is 13.3. The fourth-order valence-electron chi connectivity index (χ4n) is 1.88. The van der Waals surface area contributed by atoms with Crippen molar-refractivity contribution in [3.63, 3.8) is 0 Å². The van der Waals surface area contributed by atoms with Crippen molar-refractivity contribution in [2.45, 2.75) is 26.3 Å². The Morgan fingerprint density at radius 1 is 1.37 bits per heavy atom. The van der Waals surface area contributed by atoms with Crippen molar-refractivity contribution in [2.75, 3.05) is 0 Å². The molecule has 1 unspecified atom stereocenters. The number of carbonyl (C=O) groups excluding carboxylic acids is 1. The van der Waals surface area contributed by atoms with Gasteiger partial charge in [-0.15, -0.1) is 11.3 Å². The van der Waals surface area contributed by atoms with Crippen molar-refractivity contribution < 1.29 is 4.79 Å². The lowest BCUT2D eigenvalue weighted by atomic mass is 10.1. The molecule has 1 aromatic heterocycles. The van der Waals surface area contributed by atoms with Gasteiger partial charge in [-0.1, -0.05) is 28.1 Å². The van der Waals surface area contributed by atoms with E-state index in [-0.39, 0.29) is 11.9 Å². The van der Waals surface area contributed by atoms with Crippen LogP contribution in [0.5, 0.6) is 0 Å². The van der Waals surface area contributed by atoms with E-state index >= 15 is 0 Å². The number of benzene rings is 1. The summed E-state index contributed by atoms with van der Waals surface area (Å²) in [5.74, 6) is 0.0525. The van der Waals surface area contributed by atoms with Gasteiger partial charge in [0.1, 0.15) is 0 Å². The maximum Gasteiger partial charge on any atom is 0.224 e. The molecule has 0 spiro atoms. The van der Waals surface area contributed by atoms with Gasteiger partial charge in [-0.05, 0) is 43.7 Å². The molecule has 0 saturated heterocycles. The highest BCUT2D eigenvalue weighted by molar-refractivity contribution is 9.10.